The molecular weight excluding hydrogens is 208 g/mol. The Labute approximate surface area is 105 Å². The maximum Gasteiger partial charge on any atom is 0.0455 e. The van der Waals surface area contributed by atoms with Crippen molar-refractivity contribution in [2.75, 3.05) is 13.6 Å². The minimum absolute atomic E-state index is 0.170. The SMILES string of the molecule is CC(C)CN(C)C1CCc2ccccc2C1N. The summed E-state index contributed by atoms with van der Waals surface area (Å²) in [7, 11) is 2.21. The van der Waals surface area contributed by atoms with E-state index in [0.29, 0.717) is 12.0 Å². The summed E-state index contributed by atoms with van der Waals surface area (Å²) in [5.41, 5.74) is 9.21. The Morgan fingerprint density at radius 2 is 2.06 bits per heavy atom. The lowest BCUT2D eigenvalue weighted by molar-refractivity contribution is 0.174. The smallest absolute Gasteiger partial charge is 0.0455 e. The van der Waals surface area contributed by atoms with E-state index in [9.17, 15) is 0 Å². The topological polar surface area (TPSA) is 29.3 Å². The fourth-order valence-corrected chi connectivity index (χ4v) is 2.98. The summed E-state index contributed by atoms with van der Waals surface area (Å²) < 4.78 is 0. The second-order valence-electron chi connectivity index (χ2n) is 5.66. The van der Waals surface area contributed by atoms with E-state index in [0.717, 1.165) is 13.0 Å². The van der Waals surface area contributed by atoms with Crippen LogP contribution >= 0.6 is 0 Å². The number of aryl methyl sites for hydroxylation is 1. The molecule has 0 spiro atoms. The minimum atomic E-state index is 0.170. The van der Waals surface area contributed by atoms with Gasteiger partial charge < -0.3 is 10.6 Å². The van der Waals surface area contributed by atoms with Gasteiger partial charge in [0.2, 0.25) is 0 Å². The van der Waals surface area contributed by atoms with Crippen LogP contribution in [0.15, 0.2) is 24.3 Å². The zero-order chi connectivity index (χ0) is 12.4. The van der Waals surface area contributed by atoms with Crippen molar-refractivity contribution < 1.29 is 0 Å². The monoisotopic (exact) mass is 232 g/mol. The van der Waals surface area contributed by atoms with Gasteiger partial charge in [-0.2, -0.15) is 0 Å². The molecule has 0 saturated carbocycles. The largest absolute Gasteiger partial charge is 0.323 e. The van der Waals surface area contributed by atoms with Gasteiger partial charge in [0.25, 0.3) is 0 Å². The second kappa shape index (κ2) is 5.19. The molecule has 1 aromatic carbocycles. The van der Waals surface area contributed by atoms with Crippen LogP contribution in [0.5, 0.6) is 0 Å². The molecule has 1 aliphatic carbocycles. The van der Waals surface area contributed by atoms with E-state index < -0.39 is 0 Å². The zero-order valence-corrected chi connectivity index (χ0v) is 11.2. The highest BCUT2D eigenvalue weighted by atomic mass is 15.1. The maximum absolute atomic E-state index is 6.43. The Bertz CT molecular complexity index is 373. The summed E-state index contributed by atoms with van der Waals surface area (Å²) >= 11 is 0. The highest BCUT2D eigenvalue weighted by molar-refractivity contribution is 5.33. The van der Waals surface area contributed by atoms with Crippen LogP contribution in [0, 0.1) is 5.92 Å². The standard InChI is InChI=1S/C15H24N2/c1-11(2)10-17(3)14-9-8-12-6-4-5-7-13(12)15(14)16/h4-7,11,14-15H,8-10,16H2,1-3H3. The predicted octanol–water partition coefficient (Wildman–Crippen LogP) is 2.59. The molecule has 0 fully saturated rings. The normalized spacial score (nSPS) is 24.1. The molecule has 0 radical (unpaired) electrons. The molecule has 0 aliphatic heterocycles. The molecule has 94 valence electrons. The molecule has 0 amide bonds. The highest BCUT2D eigenvalue weighted by Crippen LogP contribution is 2.30. The fourth-order valence-electron chi connectivity index (χ4n) is 2.98. The van der Waals surface area contributed by atoms with Gasteiger partial charge in [0.1, 0.15) is 0 Å². The van der Waals surface area contributed by atoms with E-state index in [-0.39, 0.29) is 6.04 Å². The number of hydrogen-bond acceptors (Lipinski definition) is 2. The first-order valence-electron chi connectivity index (χ1n) is 6.63. The molecular formula is C15H24N2. The number of rotatable bonds is 3. The third-order valence-corrected chi connectivity index (χ3v) is 3.76. The lowest BCUT2D eigenvalue weighted by Crippen LogP contribution is -2.44. The maximum atomic E-state index is 6.43. The first-order valence-corrected chi connectivity index (χ1v) is 6.63. The van der Waals surface area contributed by atoms with Gasteiger partial charge in [0.05, 0.1) is 0 Å². The molecule has 2 atom stereocenters. The van der Waals surface area contributed by atoms with Crippen molar-refractivity contribution in [2.24, 2.45) is 11.7 Å². The molecule has 0 bridgehead atoms. The van der Waals surface area contributed by atoms with Crippen molar-refractivity contribution in [1.29, 1.82) is 0 Å². The van der Waals surface area contributed by atoms with Gasteiger partial charge >= 0.3 is 0 Å². The Hall–Kier alpha value is -0.860. The molecule has 1 aromatic rings. The summed E-state index contributed by atoms with van der Waals surface area (Å²) in [6, 6.07) is 9.28. The lowest BCUT2D eigenvalue weighted by Gasteiger charge is -2.38. The van der Waals surface area contributed by atoms with Crippen LogP contribution in [0.4, 0.5) is 0 Å². The average molecular weight is 232 g/mol. The van der Waals surface area contributed by atoms with Gasteiger partial charge in [-0.25, -0.2) is 0 Å². The number of nitrogens with zero attached hydrogens (tertiary/aromatic N) is 1. The van der Waals surface area contributed by atoms with Crippen molar-refractivity contribution in [3.63, 3.8) is 0 Å². The van der Waals surface area contributed by atoms with Crippen LogP contribution in [0.25, 0.3) is 0 Å². The van der Waals surface area contributed by atoms with Gasteiger partial charge in [-0.15, -0.1) is 0 Å². The van der Waals surface area contributed by atoms with Crippen LogP contribution < -0.4 is 5.73 Å². The molecule has 0 heterocycles. The summed E-state index contributed by atoms with van der Waals surface area (Å²) in [5, 5.41) is 0. The molecule has 0 aromatic heterocycles. The third kappa shape index (κ3) is 2.70. The van der Waals surface area contributed by atoms with Crippen molar-refractivity contribution in [1.82, 2.24) is 4.90 Å². The van der Waals surface area contributed by atoms with Gasteiger partial charge in [-0.3, -0.25) is 0 Å². The first-order chi connectivity index (χ1) is 8.09. The van der Waals surface area contributed by atoms with Crippen LogP contribution in [0.2, 0.25) is 0 Å². The number of benzene rings is 1. The number of likely N-dealkylation sites (N-methyl/N-ethyl adjacent to an activating group) is 1. The molecule has 2 heteroatoms. The van der Waals surface area contributed by atoms with Crippen molar-refractivity contribution >= 4 is 0 Å². The van der Waals surface area contributed by atoms with E-state index in [1.165, 1.54) is 17.5 Å². The number of nitrogens with two attached hydrogens (primary N) is 1. The third-order valence-electron chi connectivity index (χ3n) is 3.76. The van der Waals surface area contributed by atoms with Crippen LogP contribution in [-0.4, -0.2) is 24.5 Å². The molecule has 2 N–H and O–H groups in total. The van der Waals surface area contributed by atoms with E-state index in [1.807, 2.05) is 0 Å². The Kier molecular flexibility index (Phi) is 3.85. The number of fused-ring (bicyclic) bond motifs is 1. The minimum Gasteiger partial charge on any atom is -0.323 e. The first kappa shape index (κ1) is 12.6. The molecule has 2 nitrogen and oxygen atoms in total. The Morgan fingerprint density at radius 1 is 1.35 bits per heavy atom. The quantitative estimate of drug-likeness (QED) is 0.868. The Balaban J connectivity index is 2.14. The van der Waals surface area contributed by atoms with Gasteiger partial charge in [0.15, 0.2) is 0 Å². The number of hydrogen-bond donors (Lipinski definition) is 1. The summed E-state index contributed by atoms with van der Waals surface area (Å²) in [4.78, 5) is 2.44. The van der Waals surface area contributed by atoms with E-state index in [4.69, 9.17) is 5.73 Å². The van der Waals surface area contributed by atoms with Crippen molar-refractivity contribution in [2.45, 2.75) is 38.8 Å². The van der Waals surface area contributed by atoms with Crippen molar-refractivity contribution in [3.05, 3.63) is 35.4 Å². The fraction of sp³-hybridized carbons (Fsp3) is 0.600. The lowest BCUT2D eigenvalue weighted by atomic mass is 9.84. The van der Waals surface area contributed by atoms with Crippen molar-refractivity contribution in [3.8, 4) is 0 Å². The molecule has 0 saturated heterocycles. The van der Waals surface area contributed by atoms with E-state index in [2.05, 4.69) is 50.1 Å². The van der Waals surface area contributed by atoms with E-state index in [1.54, 1.807) is 0 Å². The second-order valence-corrected chi connectivity index (χ2v) is 5.66. The summed E-state index contributed by atoms with van der Waals surface area (Å²) in [6.07, 6.45) is 2.35. The molecule has 2 rings (SSSR count). The highest BCUT2D eigenvalue weighted by Gasteiger charge is 2.29. The van der Waals surface area contributed by atoms with Crippen LogP contribution in [0.3, 0.4) is 0 Å². The molecule has 17 heavy (non-hydrogen) atoms. The van der Waals surface area contributed by atoms with Crippen LogP contribution in [0.1, 0.15) is 37.4 Å². The summed E-state index contributed by atoms with van der Waals surface area (Å²) in [5.74, 6) is 0.698. The van der Waals surface area contributed by atoms with Gasteiger partial charge in [-0.1, -0.05) is 38.1 Å². The summed E-state index contributed by atoms with van der Waals surface area (Å²) in [6.45, 7) is 5.65. The average Bonchev–Trinajstić information content (AvgIpc) is 2.28. The predicted molar refractivity (Wildman–Crippen MR) is 72.9 cm³/mol. The Morgan fingerprint density at radius 3 is 2.76 bits per heavy atom. The zero-order valence-electron chi connectivity index (χ0n) is 11.2. The van der Waals surface area contributed by atoms with Crippen LogP contribution in [-0.2, 0) is 6.42 Å². The molecule has 1 aliphatic rings. The van der Waals surface area contributed by atoms with Gasteiger partial charge in [-0.05, 0) is 36.9 Å². The van der Waals surface area contributed by atoms with E-state index >= 15 is 0 Å². The molecule has 2 unspecified atom stereocenters. The van der Waals surface area contributed by atoms with Gasteiger partial charge in [0, 0.05) is 18.6 Å².